The number of anilines is 1. The first-order chi connectivity index (χ1) is 13.0. The molecule has 1 aromatic carbocycles. The summed E-state index contributed by atoms with van der Waals surface area (Å²) in [5.74, 6) is 0.797. The van der Waals surface area contributed by atoms with Crippen LogP contribution in [0.2, 0.25) is 0 Å². The molecule has 0 spiro atoms. The number of rotatable bonds is 7. The first-order valence-corrected chi connectivity index (χ1v) is 10.1. The predicted octanol–water partition coefficient (Wildman–Crippen LogP) is 4.31. The number of aromatic nitrogens is 5. The van der Waals surface area contributed by atoms with E-state index in [0.717, 1.165) is 29.0 Å². The molecule has 3 aromatic rings. The molecule has 0 saturated carbocycles. The zero-order chi connectivity index (χ0) is 19.4. The molecular formula is C18H22N6OS2. The van der Waals surface area contributed by atoms with Gasteiger partial charge in [-0.2, -0.15) is 5.10 Å². The Morgan fingerprint density at radius 1 is 1.33 bits per heavy atom. The lowest BCUT2D eigenvalue weighted by Crippen LogP contribution is -2.19. The van der Waals surface area contributed by atoms with Crippen molar-refractivity contribution >= 4 is 34.6 Å². The Morgan fingerprint density at radius 3 is 2.81 bits per heavy atom. The fraction of sp³-hybridized carbons (Fsp3) is 0.389. The zero-order valence-corrected chi connectivity index (χ0v) is 17.2. The number of carbonyl (C=O) groups excluding carboxylic acids is 1. The molecule has 0 saturated heterocycles. The van der Waals surface area contributed by atoms with Crippen molar-refractivity contribution in [1.82, 2.24) is 25.0 Å². The SMILES string of the molecule is CCC(CC)c1nnc(NC(=O)Cn2c(-c3cccc(C)c3)n[nH]c2=S)s1. The van der Waals surface area contributed by atoms with Crippen LogP contribution in [0.4, 0.5) is 5.13 Å². The van der Waals surface area contributed by atoms with Crippen molar-refractivity contribution in [2.45, 2.75) is 46.1 Å². The number of hydrogen-bond donors (Lipinski definition) is 2. The number of nitrogens with zero attached hydrogens (tertiary/aromatic N) is 4. The van der Waals surface area contributed by atoms with Gasteiger partial charge in [-0.05, 0) is 38.0 Å². The molecule has 2 heterocycles. The van der Waals surface area contributed by atoms with Crippen molar-refractivity contribution in [1.29, 1.82) is 0 Å². The number of carbonyl (C=O) groups is 1. The lowest BCUT2D eigenvalue weighted by molar-refractivity contribution is -0.116. The smallest absolute Gasteiger partial charge is 0.246 e. The van der Waals surface area contributed by atoms with Gasteiger partial charge in [0.15, 0.2) is 10.6 Å². The Morgan fingerprint density at radius 2 is 2.11 bits per heavy atom. The third-order valence-corrected chi connectivity index (χ3v) is 5.67. The Bertz CT molecular complexity index is 986. The van der Waals surface area contributed by atoms with Gasteiger partial charge < -0.3 is 0 Å². The maximum Gasteiger partial charge on any atom is 0.246 e. The lowest BCUT2D eigenvalue weighted by atomic mass is 10.1. The van der Waals surface area contributed by atoms with E-state index >= 15 is 0 Å². The molecule has 0 unspecified atom stereocenters. The second-order valence-electron chi connectivity index (χ2n) is 6.32. The number of benzene rings is 1. The second kappa shape index (κ2) is 8.53. The Kier molecular flexibility index (Phi) is 6.12. The predicted molar refractivity (Wildman–Crippen MR) is 109 cm³/mol. The molecule has 3 rings (SSSR count). The van der Waals surface area contributed by atoms with E-state index in [1.807, 2.05) is 31.2 Å². The standard InChI is InChI=1S/C18H22N6OS2/c1-4-12(5-2)16-21-22-17(27-16)19-14(25)10-24-15(20-23-18(24)26)13-8-6-7-11(3)9-13/h6-9,12H,4-5,10H2,1-3H3,(H,23,26)(H,19,22,25). The van der Waals surface area contributed by atoms with Crippen LogP contribution in [0, 0.1) is 11.7 Å². The van der Waals surface area contributed by atoms with E-state index in [4.69, 9.17) is 12.2 Å². The summed E-state index contributed by atoms with van der Waals surface area (Å²) in [5, 5.41) is 19.6. The first-order valence-electron chi connectivity index (χ1n) is 8.87. The summed E-state index contributed by atoms with van der Waals surface area (Å²) in [6.45, 7) is 6.32. The summed E-state index contributed by atoms with van der Waals surface area (Å²) in [4.78, 5) is 12.5. The average Bonchev–Trinajstić information content (AvgIpc) is 3.24. The number of nitrogens with one attached hydrogen (secondary N) is 2. The summed E-state index contributed by atoms with van der Waals surface area (Å²) in [7, 11) is 0. The van der Waals surface area contributed by atoms with Gasteiger partial charge in [0.1, 0.15) is 11.6 Å². The van der Waals surface area contributed by atoms with Crippen molar-refractivity contribution in [3.63, 3.8) is 0 Å². The van der Waals surface area contributed by atoms with Crippen LogP contribution in [0.3, 0.4) is 0 Å². The normalized spacial score (nSPS) is 11.1. The molecule has 27 heavy (non-hydrogen) atoms. The molecule has 0 fully saturated rings. The Balaban J connectivity index is 1.76. The highest BCUT2D eigenvalue weighted by molar-refractivity contribution is 7.71. The average molecular weight is 403 g/mol. The molecule has 142 valence electrons. The van der Waals surface area contributed by atoms with Crippen molar-refractivity contribution in [2.75, 3.05) is 5.32 Å². The molecule has 2 N–H and O–H groups in total. The molecule has 0 aliphatic carbocycles. The highest BCUT2D eigenvalue weighted by atomic mass is 32.1. The molecule has 9 heteroatoms. The molecule has 0 atom stereocenters. The van der Waals surface area contributed by atoms with Crippen LogP contribution in [0.1, 0.15) is 43.2 Å². The summed E-state index contributed by atoms with van der Waals surface area (Å²) >= 11 is 6.72. The monoisotopic (exact) mass is 402 g/mol. The minimum atomic E-state index is -0.214. The van der Waals surface area contributed by atoms with Gasteiger partial charge >= 0.3 is 0 Å². The minimum Gasteiger partial charge on any atom is -0.299 e. The van der Waals surface area contributed by atoms with Gasteiger partial charge in [-0.3, -0.25) is 19.8 Å². The van der Waals surface area contributed by atoms with Crippen molar-refractivity contribution in [3.8, 4) is 11.4 Å². The van der Waals surface area contributed by atoms with Crippen molar-refractivity contribution in [2.24, 2.45) is 0 Å². The fourth-order valence-corrected chi connectivity index (χ4v) is 4.08. The molecular weight excluding hydrogens is 380 g/mol. The van der Waals surface area contributed by atoms with Crippen molar-refractivity contribution < 1.29 is 4.79 Å². The topological polar surface area (TPSA) is 88.5 Å². The van der Waals surface area contributed by atoms with Crippen LogP contribution in [0.15, 0.2) is 24.3 Å². The van der Waals surface area contributed by atoms with Gasteiger partial charge in [0.05, 0.1) is 0 Å². The van der Waals surface area contributed by atoms with Crippen LogP contribution >= 0.6 is 23.6 Å². The van der Waals surface area contributed by atoms with Gasteiger partial charge in [-0.15, -0.1) is 10.2 Å². The maximum absolute atomic E-state index is 12.5. The second-order valence-corrected chi connectivity index (χ2v) is 7.71. The molecule has 2 aromatic heterocycles. The molecule has 0 aliphatic heterocycles. The number of aromatic amines is 1. The van der Waals surface area contributed by atoms with Gasteiger partial charge in [-0.1, -0.05) is 48.9 Å². The van der Waals surface area contributed by atoms with Gasteiger partial charge in [0.25, 0.3) is 0 Å². The van der Waals surface area contributed by atoms with E-state index < -0.39 is 0 Å². The highest BCUT2D eigenvalue weighted by Gasteiger charge is 2.16. The number of aryl methyl sites for hydroxylation is 1. The third-order valence-electron chi connectivity index (χ3n) is 4.36. The van der Waals surface area contributed by atoms with E-state index in [1.54, 1.807) is 4.57 Å². The Labute approximate surface area is 166 Å². The lowest BCUT2D eigenvalue weighted by Gasteiger charge is -2.07. The summed E-state index contributed by atoms with van der Waals surface area (Å²) in [6.07, 6.45) is 2.01. The summed E-state index contributed by atoms with van der Waals surface area (Å²) in [6, 6.07) is 7.91. The van der Waals surface area contributed by atoms with Crippen LogP contribution in [0.25, 0.3) is 11.4 Å². The molecule has 0 radical (unpaired) electrons. The minimum absolute atomic E-state index is 0.0541. The van der Waals surface area contributed by atoms with Crippen LogP contribution in [-0.2, 0) is 11.3 Å². The van der Waals surface area contributed by atoms with Crippen molar-refractivity contribution in [3.05, 3.63) is 39.6 Å². The Hall–Kier alpha value is -2.39. The number of hydrogen-bond acceptors (Lipinski definition) is 6. The molecule has 7 nitrogen and oxygen atoms in total. The third kappa shape index (κ3) is 4.48. The zero-order valence-electron chi connectivity index (χ0n) is 15.5. The number of amides is 1. The van der Waals surface area contributed by atoms with E-state index in [0.29, 0.717) is 21.6 Å². The summed E-state index contributed by atoms with van der Waals surface area (Å²) < 4.78 is 2.08. The number of H-pyrrole nitrogens is 1. The quantitative estimate of drug-likeness (QED) is 0.575. The van der Waals surface area contributed by atoms with E-state index in [1.165, 1.54) is 11.3 Å². The van der Waals surface area contributed by atoms with E-state index in [2.05, 4.69) is 39.6 Å². The molecule has 1 amide bonds. The highest BCUT2D eigenvalue weighted by Crippen LogP contribution is 2.28. The van der Waals surface area contributed by atoms with E-state index in [-0.39, 0.29) is 12.5 Å². The van der Waals surface area contributed by atoms with Crippen LogP contribution in [-0.4, -0.2) is 30.9 Å². The first kappa shape index (κ1) is 19.4. The van der Waals surface area contributed by atoms with Gasteiger partial charge in [-0.25, -0.2) is 0 Å². The van der Waals surface area contributed by atoms with Crippen LogP contribution < -0.4 is 5.32 Å². The van der Waals surface area contributed by atoms with Gasteiger partial charge in [0.2, 0.25) is 11.0 Å². The molecule has 0 aliphatic rings. The fourth-order valence-electron chi connectivity index (χ4n) is 2.86. The summed E-state index contributed by atoms with van der Waals surface area (Å²) in [5.41, 5.74) is 2.02. The van der Waals surface area contributed by atoms with Crippen LogP contribution in [0.5, 0.6) is 0 Å². The van der Waals surface area contributed by atoms with Gasteiger partial charge in [0, 0.05) is 11.5 Å². The van der Waals surface area contributed by atoms with E-state index in [9.17, 15) is 4.79 Å². The largest absolute Gasteiger partial charge is 0.299 e. The molecule has 0 bridgehead atoms. The maximum atomic E-state index is 12.5.